The van der Waals surface area contributed by atoms with E-state index in [-0.39, 0.29) is 29.6 Å². The Balaban J connectivity index is 0. The minimum Gasteiger partial charge on any atom is -0.760 e. The number of hydrogen-bond acceptors (Lipinski definition) is 2. The Labute approximate surface area is 67.8 Å². The zero-order valence-electron chi connectivity index (χ0n) is 4.67. The van der Waals surface area contributed by atoms with Crippen LogP contribution < -0.4 is 0 Å². The molecule has 0 N–H and O–H groups in total. The van der Waals surface area contributed by atoms with Gasteiger partial charge in [0.1, 0.15) is 0 Å². The molecule has 0 bridgehead atoms. The maximum Gasteiger partial charge on any atom is 0.0203 e. The molecule has 0 aliphatic heterocycles. The van der Waals surface area contributed by atoms with Gasteiger partial charge in [-0.25, -0.2) is 4.31 Å². The summed E-state index contributed by atoms with van der Waals surface area (Å²) in [7, 11) is 2.92. The van der Waals surface area contributed by atoms with E-state index in [1.54, 1.807) is 0 Å². The Hall–Kier alpha value is 1.07. The van der Waals surface area contributed by atoms with Crippen molar-refractivity contribution in [2.75, 3.05) is 14.1 Å². The van der Waals surface area contributed by atoms with Crippen LogP contribution in [0.3, 0.4) is 0 Å². The Kier molecular flexibility index (Phi) is 8.15. The van der Waals surface area contributed by atoms with Crippen molar-refractivity contribution in [3.05, 3.63) is 0 Å². The maximum absolute atomic E-state index is 9.62. The molecular weight excluding hydrogens is 125 g/mol. The van der Waals surface area contributed by atoms with E-state index in [2.05, 4.69) is 0 Å². The van der Waals surface area contributed by atoms with Crippen LogP contribution in [0.1, 0.15) is 0 Å². The number of nitrogens with zero attached hydrogens (tertiary/aromatic N) is 1. The van der Waals surface area contributed by atoms with Crippen molar-refractivity contribution in [3.63, 3.8) is 0 Å². The molecule has 3 nitrogen and oxygen atoms in total. The van der Waals surface area contributed by atoms with E-state index in [1.807, 2.05) is 0 Å². The minimum absolute atomic E-state index is 0. The van der Waals surface area contributed by atoms with Gasteiger partial charge >= 0.3 is 0 Å². The van der Waals surface area contributed by atoms with E-state index < -0.39 is 11.3 Å². The molecule has 0 saturated carbocycles. The standard InChI is InChI=1S/C2H7NO2S.Na/c1-3(2)6(4)5;/h1-2H3,(H,4,5);/p-1. The fourth-order valence-electron chi connectivity index (χ4n) is 0. The summed E-state index contributed by atoms with van der Waals surface area (Å²) < 4.78 is 20.3. The predicted octanol–water partition coefficient (Wildman–Crippen LogP) is -1.04. The third-order valence-electron chi connectivity index (χ3n) is 0.298. The van der Waals surface area contributed by atoms with Gasteiger partial charge in [0, 0.05) is 40.8 Å². The van der Waals surface area contributed by atoms with Crippen LogP contribution in [0.25, 0.3) is 0 Å². The maximum atomic E-state index is 9.62. The van der Waals surface area contributed by atoms with E-state index in [1.165, 1.54) is 14.1 Å². The van der Waals surface area contributed by atoms with Crippen LogP contribution in [0, 0.1) is 0 Å². The quantitative estimate of drug-likeness (QED) is 0.337. The Morgan fingerprint density at radius 2 is 1.71 bits per heavy atom. The van der Waals surface area contributed by atoms with Gasteiger partial charge in [-0.05, 0) is 14.1 Å². The van der Waals surface area contributed by atoms with Crippen LogP contribution in [-0.4, -0.2) is 56.7 Å². The smallest absolute Gasteiger partial charge is 0.0203 e. The summed E-state index contributed by atoms with van der Waals surface area (Å²) in [6, 6.07) is 0. The van der Waals surface area contributed by atoms with Gasteiger partial charge in [0.25, 0.3) is 0 Å². The SMILES string of the molecule is CN(C)S(=O)[O-].[Na]. The molecule has 39 valence electrons. The van der Waals surface area contributed by atoms with Crippen molar-refractivity contribution in [2.45, 2.75) is 0 Å². The second-order valence-corrected chi connectivity index (χ2v) is 2.19. The Bertz CT molecular complexity index is 66.7. The van der Waals surface area contributed by atoms with Gasteiger partial charge in [-0.15, -0.1) is 0 Å². The van der Waals surface area contributed by atoms with E-state index >= 15 is 0 Å². The summed E-state index contributed by atoms with van der Waals surface area (Å²) in [4.78, 5) is 0. The van der Waals surface area contributed by atoms with Crippen LogP contribution >= 0.6 is 0 Å². The zero-order valence-corrected chi connectivity index (χ0v) is 7.49. The molecule has 0 fully saturated rings. The van der Waals surface area contributed by atoms with Gasteiger partial charge in [0.05, 0.1) is 0 Å². The minimum atomic E-state index is -2.03. The van der Waals surface area contributed by atoms with E-state index in [0.29, 0.717) is 0 Å². The van der Waals surface area contributed by atoms with Crippen molar-refractivity contribution in [1.29, 1.82) is 0 Å². The molecule has 5 heteroatoms. The third-order valence-corrected chi connectivity index (χ3v) is 0.894. The fourth-order valence-corrected chi connectivity index (χ4v) is 0. The van der Waals surface area contributed by atoms with Crippen molar-refractivity contribution >= 4 is 40.8 Å². The summed E-state index contributed by atoms with van der Waals surface area (Å²) in [5.74, 6) is 0. The predicted molar refractivity (Wildman–Crippen MR) is 28.4 cm³/mol. The van der Waals surface area contributed by atoms with E-state index in [0.717, 1.165) is 4.31 Å². The largest absolute Gasteiger partial charge is 0.760 e. The second-order valence-electron chi connectivity index (χ2n) is 1.03. The van der Waals surface area contributed by atoms with E-state index in [9.17, 15) is 8.76 Å². The van der Waals surface area contributed by atoms with Gasteiger partial charge in [-0.1, -0.05) is 0 Å². The summed E-state index contributed by atoms with van der Waals surface area (Å²) in [5, 5.41) is 0. The number of hydrogen-bond donors (Lipinski definition) is 0. The topological polar surface area (TPSA) is 43.4 Å². The molecule has 0 rings (SSSR count). The molecule has 1 atom stereocenters. The average Bonchev–Trinajstić information content (AvgIpc) is 1.36. The summed E-state index contributed by atoms with van der Waals surface area (Å²) >= 11 is -2.03. The van der Waals surface area contributed by atoms with Gasteiger partial charge < -0.3 is 4.55 Å². The second kappa shape index (κ2) is 5.21. The van der Waals surface area contributed by atoms with Crippen LogP contribution in [0.2, 0.25) is 0 Å². The van der Waals surface area contributed by atoms with Crippen molar-refractivity contribution in [3.8, 4) is 0 Å². The molecule has 1 unspecified atom stereocenters. The first-order valence-electron chi connectivity index (χ1n) is 1.41. The molecule has 0 aliphatic carbocycles. The third kappa shape index (κ3) is 7.07. The normalized spacial score (nSPS) is 13.1. The molecule has 0 spiro atoms. The first-order valence-corrected chi connectivity index (χ1v) is 2.44. The molecule has 0 aromatic heterocycles. The molecule has 0 aromatic rings. The van der Waals surface area contributed by atoms with E-state index in [4.69, 9.17) is 0 Å². The van der Waals surface area contributed by atoms with Gasteiger partial charge in [0.2, 0.25) is 0 Å². The first kappa shape index (κ1) is 10.9. The van der Waals surface area contributed by atoms with Gasteiger partial charge in [0.15, 0.2) is 0 Å². The molecule has 0 saturated heterocycles. The van der Waals surface area contributed by atoms with Gasteiger partial charge in [-0.2, -0.15) is 0 Å². The summed E-state index contributed by atoms with van der Waals surface area (Å²) in [6.45, 7) is 0. The average molecular weight is 131 g/mol. The first-order chi connectivity index (χ1) is 2.64. The number of rotatable bonds is 1. The summed E-state index contributed by atoms with van der Waals surface area (Å²) in [6.07, 6.45) is 0. The van der Waals surface area contributed by atoms with Crippen molar-refractivity contribution < 1.29 is 8.76 Å². The van der Waals surface area contributed by atoms with Crippen LogP contribution in [0.4, 0.5) is 0 Å². The molecule has 7 heavy (non-hydrogen) atoms. The Morgan fingerprint density at radius 3 is 1.71 bits per heavy atom. The monoisotopic (exact) mass is 131 g/mol. The van der Waals surface area contributed by atoms with Crippen LogP contribution in [-0.2, 0) is 11.3 Å². The fraction of sp³-hybridized carbons (Fsp3) is 1.00. The van der Waals surface area contributed by atoms with Crippen LogP contribution in [0.15, 0.2) is 0 Å². The van der Waals surface area contributed by atoms with Crippen molar-refractivity contribution in [2.24, 2.45) is 0 Å². The molecule has 0 aromatic carbocycles. The zero-order chi connectivity index (χ0) is 5.15. The molecule has 0 amide bonds. The molecule has 0 heterocycles. The molecule has 0 aliphatic rings. The summed E-state index contributed by atoms with van der Waals surface area (Å²) in [5.41, 5.74) is 0. The van der Waals surface area contributed by atoms with Crippen LogP contribution in [0.5, 0.6) is 0 Å². The molecular formula is C2H6NNaO2S-. The van der Waals surface area contributed by atoms with Gasteiger partial charge in [-0.3, -0.25) is 4.21 Å². The van der Waals surface area contributed by atoms with Crippen molar-refractivity contribution in [1.82, 2.24) is 4.31 Å². The molecule has 1 radical (unpaired) electrons. The Morgan fingerprint density at radius 1 is 1.57 bits per heavy atom.